The fraction of sp³-hybridized carbons (Fsp3) is 0.0455. The van der Waals surface area contributed by atoms with E-state index in [1.54, 1.807) is 18.2 Å². The van der Waals surface area contributed by atoms with Gasteiger partial charge in [0.25, 0.3) is 5.69 Å². The van der Waals surface area contributed by atoms with Gasteiger partial charge in [-0.2, -0.15) is 5.26 Å². The van der Waals surface area contributed by atoms with Gasteiger partial charge in [0.2, 0.25) is 0 Å². The van der Waals surface area contributed by atoms with Crippen LogP contribution in [0, 0.1) is 21.4 Å². The van der Waals surface area contributed by atoms with Crippen molar-refractivity contribution in [3.8, 4) is 23.1 Å². The first-order chi connectivity index (χ1) is 14.7. The lowest BCUT2D eigenvalue weighted by molar-refractivity contribution is -0.384. The van der Waals surface area contributed by atoms with Crippen LogP contribution in [0.5, 0.6) is 0 Å². The number of thioether (sulfide) groups is 1. The molecule has 3 aromatic carbocycles. The SMILES string of the molecule is N#Cc1ccccc1CSc1nnc(-c2cccc([N+](=O)[O-])c2)n1-c1ccccc1. The summed E-state index contributed by atoms with van der Waals surface area (Å²) in [5.41, 5.74) is 2.97. The summed E-state index contributed by atoms with van der Waals surface area (Å²) >= 11 is 1.45. The van der Waals surface area contributed by atoms with Crippen LogP contribution < -0.4 is 0 Å². The summed E-state index contributed by atoms with van der Waals surface area (Å²) < 4.78 is 1.87. The second-order valence-electron chi connectivity index (χ2n) is 6.34. The predicted molar refractivity (Wildman–Crippen MR) is 114 cm³/mol. The van der Waals surface area contributed by atoms with Crippen molar-refractivity contribution >= 4 is 17.4 Å². The molecule has 0 aliphatic heterocycles. The summed E-state index contributed by atoms with van der Waals surface area (Å²) in [6, 6.07) is 25.6. The van der Waals surface area contributed by atoms with Crippen molar-refractivity contribution in [2.75, 3.05) is 0 Å². The van der Waals surface area contributed by atoms with Gasteiger partial charge in [-0.15, -0.1) is 10.2 Å². The van der Waals surface area contributed by atoms with Crippen LogP contribution in [0.15, 0.2) is 84.0 Å². The lowest BCUT2D eigenvalue weighted by Gasteiger charge is -2.10. The molecule has 0 fully saturated rings. The number of para-hydroxylation sites is 1. The normalized spacial score (nSPS) is 10.5. The molecule has 4 rings (SSSR count). The average Bonchev–Trinajstić information content (AvgIpc) is 3.22. The van der Waals surface area contributed by atoms with Crippen LogP contribution in [0.3, 0.4) is 0 Å². The van der Waals surface area contributed by atoms with Gasteiger partial charge in [0, 0.05) is 29.1 Å². The molecule has 7 nitrogen and oxygen atoms in total. The van der Waals surface area contributed by atoms with E-state index in [2.05, 4.69) is 16.3 Å². The Labute approximate surface area is 176 Å². The second kappa shape index (κ2) is 8.59. The summed E-state index contributed by atoms with van der Waals surface area (Å²) in [7, 11) is 0. The molecule has 0 saturated carbocycles. The Bertz CT molecular complexity index is 1250. The predicted octanol–water partition coefficient (Wildman–Crippen LogP) is 5.01. The highest BCUT2D eigenvalue weighted by Gasteiger charge is 2.18. The number of hydrogen-bond acceptors (Lipinski definition) is 6. The van der Waals surface area contributed by atoms with Crippen molar-refractivity contribution in [3.05, 3.63) is 100 Å². The molecule has 0 atom stereocenters. The van der Waals surface area contributed by atoms with Crippen LogP contribution in [-0.4, -0.2) is 19.7 Å². The number of non-ortho nitro benzene ring substituents is 1. The zero-order valence-corrected chi connectivity index (χ0v) is 16.5. The topological polar surface area (TPSA) is 97.6 Å². The van der Waals surface area contributed by atoms with E-state index < -0.39 is 4.92 Å². The van der Waals surface area contributed by atoms with E-state index in [0.29, 0.717) is 27.9 Å². The molecule has 0 bridgehead atoms. The molecule has 1 aromatic heterocycles. The van der Waals surface area contributed by atoms with Crippen molar-refractivity contribution in [3.63, 3.8) is 0 Å². The summed E-state index contributed by atoms with van der Waals surface area (Å²) in [6.07, 6.45) is 0. The lowest BCUT2D eigenvalue weighted by atomic mass is 10.1. The molecular formula is C22H15N5O2S. The first-order valence-corrected chi connectivity index (χ1v) is 10.0. The highest BCUT2D eigenvalue weighted by atomic mass is 32.2. The first kappa shape index (κ1) is 19.4. The number of aromatic nitrogens is 3. The second-order valence-corrected chi connectivity index (χ2v) is 7.28. The van der Waals surface area contributed by atoms with Crippen LogP contribution >= 0.6 is 11.8 Å². The van der Waals surface area contributed by atoms with Crippen molar-refractivity contribution in [2.24, 2.45) is 0 Å². The third-order valence-corrected chi connectivity index (χ3v) is 5.44. The number of hydrogen-bond donors (Lipinski definition) is 0. The van der Waals surface area contributed by atoms with Crippen molar-refractivity contribution in [1.29, 1.82) is 5.26 Å². The van der Waals surface area contributed by atoms with Crippen LogP contribution in [0.25, 0.3) is 17.1 Å². The van der Waals surface area contributed by atoms with Gasteiger partial charge in [0.1, 0.15) is 0 Å². The molecule has 0 saturated heterocycles. The van der Waals surface area contributed by atoms with Gasteiger partial charge in [-0.25, -0.2) is 0 Å². The lowest BCUT2D eigenvalue weighted by Crippen LogP contribution is -2.00. The van der Waals surface area contributed by atoms with E-state index in [-0.39, 0.29) is 5.69 Å². The molecule has 8 heteroatoms. The maximum Gasteiger partial charge on any atom is 0.270 e. The molecular weight excluding hydrogens is 398 g/mol. The molecule has 0 aliphatic carbocycles. The fourth-order valence-corrected chi connectivity index (χ4v) is 3.97. The van der Waals surface area contributed by atoms with Gasteiger partial charge in [0.15, 0.2) is 11.0 Å². The number of nitrogens with zero attached hydrogens (tertiary/aromatic N) is 5. The standard InChI is InChI=1S/C22H15N5O2S/c23-14-17-7-4-5-8-18(17)15-30-22-25-24-21(26(22)19-10-2-1-3-11-19)16-9-6-12-20(13-16)27(28)29/h1-13H,15H2. The summed E-state index contributed by atoms with van der Waals surface area (Å²) in [5.74, 6) is 1.06. The van der Waals surface area contributed by atoms with Gasteiger partial charge in [-0.1, -0.05) is 60.3 Å². The summed E-state index contributed by atoms with van der Waals surface area (Å²) in [5, 5.41) is 29.8. The van der Waals surface area contributed by atoms with Crippen LogP contribution in [-0.2, 0) is 5.75 Å². The molecule has 0 radical (unpaired) electrons. The van der Waals surface area contributed by atoms with Crippen molar-refractivity contribution in [1.82, 2.24) is 14.8 Å². The van der Waals surface area contributed by atoms with E-state index >= 15 is 0 Å². The zero-order chi connectivity index (χ0) is 20.9. The van der Waals surface area contributed by atoms with E-state index in [9.17, 15) is 15.4 Å². The van der Waals surface area contributed by atoms with Gasteiger partial charge >= 0.3 is 0 Å². The molecule has 0 unspecified atom stereocenters. The molecule has 0 aliphatic rings. The monoisotopic (exact) mass is 413 g/mol. The van der Waals surface area contributed by atoms with Crippen LogP contribution in [0.2, 0.25) is 0 Å². The minimum absolute atomic E-state index is 0.00716. The molecule has 0 spiro atoms. The molecule has 0 N–H and O–H groups in total. The summed E-state index contributed by atoms with van der Waals surface area (Å²) in [4.78, 5) is 10.8. The molecule has 0 amide bonds. The highest BCUT2D eigenvalue weighted by Crippen LogP contribution is 2.31. The van der Waals surface area contributed by atoms with Crippen LogP contribution in [0.1, 0.15) is 11.1 Å². The Morgan fingerprint density at radius 3 is 2.53 bits per heavy atom. The quantitative estimate of drug-likeness (QED) is 0.250. The average molecular weight is 413 g/mol. The number of rotatable bonds is 6. The fourth-order valence-electron chi connectivity index (χ4n) is 3.02. The number of nitro groups is 1. The van der Waals surface area contributed by atoms with E-state index in [1.807, 2.05) is 53.1 Å². The Morgan fingerprint density at radius 1 is 1.00 bits per heavy atom. The van der Waals surface area contributed by atoms with Gasteiger partial charge < -0.3 is 0 Å². The minimum Gasteiger partial charge on any atom is -0.270 e. The Balaban J connectivity index is 1.76. The van der Waals surface area contributed by atoms with Crippen molar-refractivity contribution < 1.29 is 4.92 Å². The maximum atomic E-state index is 11.2. The number of nitro benzene ring substituents is 1. The van der Waals surface area contributed by atoms with E-state index in [4.69, 9.17) is 0 Å². The number of benzene rings is 3. The summed E-state index contributed by atoms with van der Waals surface area (Å²) in [6.45, 7) is 0. The van der Waals surface area contributed by atoms with Gasteiger partial charge in [-0.05, 0) is 23.8 Å². The van der Waals surface area contributed by atoms with Crippen molar-refractivity contribution in [2.45, 2.75) is 10.9 Å². The Kier molecular flexibility index (Phi) is 5.54. The smallest absolute Gasteiger partial charge is 0.270 e. The van der Waals surface area contributed by atoms with E-state index in [0.717, 1.165) is 11.3 Å². The third-order valence-electron chi connectivity index (χ3n) is 4.46. The molecule has 4 aromatic rings. The minimum atomic E-state index is -0.429. The number of nitriles is 1. The maximum absolute atomic E-state index is 11.2. The first-order valence-electron chi connectivity index (χ1n) is 9.04. The largest absolute Gasteiger partial charge is 0.270 e. The van der Waals surface area contributed by atoms with E-state index in [1.165, 1.54) is 23.9 Å². The van der Waals surface area contributed by atoms with Gasteiger partial charge in [-0.3, -0.25) is 14.7 Å². The zero-order valence-electron chi connectivity index (χ0n) is 15.7. The van der Waals surface area contributed by atoms with Gasteiger partial charge in [0.05, 0.1) is 16.6 Å². The van der Waals surface area contributed by atoms with Crippen LogP contribution in [0.4, 0.5) is 5.69 Å². The molecule has 146 valence electrons. The third kappa shape index (κ3) is 3.92. The Morgan fingerprint density at radius 2 is 1.77 bits per heavy atom. The molecule has 1 heterocycles. The molecule has 30 heavy (non-hydrogen) atoms. The Hall–Kier alpha value is -3.96. The highest BCUT2D eigenvalue weighted by molar-refractivity contribution is 7.98.